The van der Waals surface area contributed by atoms with Crippen molar-refractivity contribution in [3.8, 4) is 28.8 Å². The number of hydrogen-bond donors (Lipinski definition) is 3. The third-order valence-corrected chi connectivity index (χ3v) is 5.71. The first-order valence-corrected chi connectivity index (χ1v) is 12.0. The Morgan fingerprint density at radius 2 is 1.58 bits per heavy atom. The van der Waals surface area contributed by atoms with Crippen molar-refractivity contribution >= 4 is 11.6 Å². The first kappa shape index (κ1) is 26.3. The summed E-state index contributed by atoms with van der Waals surface area (Å²) in [6, 6.07) is 27.2. The molecule has 0 radical (unpaired) electrons. The number of amides is 1. The molecule has 1 amide bonds. The standard InChI is InChI=1S/C22H20FN3O2.C7H6N2O/c23-17-6-10-19(11-7-17)28-18-8-4-16(5-9-18)20-2-1-3-21(25-20)22(27)26-14-12-24-13-15-26;8-5-6-1-3-7(9-10)4-2-6/h1-11,24H,12-15H2;1-4,9-10H. The van der Waals surface area contributed by atoms with Crippen LogP contribution >= 0.6 is 0 Å². The van der Waals surface area contributed by atoms with E-state index in [-0.39, 0.29) is 11.7 Å². The van der Waals surface area contributed by atoms with Gasteiger partial charge in [-0.1, -0.05) is 6.07 Å². The molecule has 1 aliphatic rings. The molecule has 0 unspecified atom stereocenters. The molecule has 3 N–H and O–H groups in total. The van der Waals surface area contributed by atoms with E-state index in [2.05, 4.69) is 10.3 Å². The van der Waals surface area contributed by atoms with Gasteiger partial charge in [0, 0.05) is 31.7 Å². The molecular formula is C29H26FN5O3. The molecule has 0 bridgehead atoms. The second-order valence-electron chi connectivity index (χ2n) is 8.33. The second-order valence-corrected chi connectivity index (χ2v) is 8.33. The lowest BCUT2D eigenvalue weighted by molar-refractivity contribution is 0.0730. The molecule has 0 atom stereocenters. The van der Waals surface area contributed by atoms with E-state index in [0.717, 1.165) is 24.3 Å². The van der Waals surface area contributed by atoms with E-state index >= 15 is 0 Å². The van der Waals surface area contributed by atoms with Crippen molar-refractivity contribution in [1.29, 1.82) is 5.26 Å². The number of nitrogens with one attached hydrogen (secondary N) is 2. The molecule has 192 valence electrons. The Morgan fingerprint density at radius 1 is 0.947 bits per heavy atom. The van der Waals surface area contributed by atoms with Crippen LogP contribution in [-0.4, -0.2) is 47.2 Å². The van der Waals surface area contributed by atoms with Crippen LogP contribution in [0, 0.1) is 17.1 Å². The molecule has 0 aliphatic carbocycles. The van der Waals surface area contributed by atoms with Crippen LogP contribution in [-0.2, 0) is 0 Å². The second kappa shape index (κ2) is 13.0. The number of pyridine rings is 1. The van der Waals surface area contributed by atoms with Crippen LogP contribution in [0.5, 0.6) is 11.5 Å². The fourth-order valence-corrected chi connectivity index (χ4v) is 3.70. The number of halogens is 1. The molecule has 1 fully saturated rings. The van der Waals surface area contributed by atoms with Crippen molar-refractivity contribution in [3.63, 3.8) is 0 Å². The Kier molecular flexibility index (Phi) is 8.97. The van der Waals surface area contributed by atoms with Gasteiger partial charge in [-0.25, -0.2) is 9.37 Å². The highest BCUT2D eigenvalue weighted by molar-refractivity contribution is 5.93. The maximum atomic E-state index is 13.0. The first-order valence-electron chi connectivity index (χ1n) is 12.0. The average molecular weight is 512 g/mol. The molecule has 4 aromatic rings. The van der Waals surface area contributed by atoms with Crippen LogP contribution < -0.4 is 15.5 Å². The predicted octanol–water partition coefficient (Wildman–Crippen LogP) is 5.08. The van der Waals surface area contributed by atoms with Crippen molar-refractivity contribution in [2.24, 2.45) is 0 Å². The van der Waals surface area contributed by atoms with Gasteiger partial charge in [-0.05, 0) is 84.9 Å². The SMILES string of the molecule is N#Cc1ccc(NO)cc1.O=C(c1cccc(-c2ccc(Oc3ccc(F)cc3)cc2)n1)N1CCNCC1. The van der Waals surface area contributed by atoms with Gasteiger partial charge < -0.3 is 15.0 Å². The highest BCUT2D eigenvalue weighted by atomic mass is 19.1. The maximum Gasteiger partial charge on any atom is 0.272 e. The van der Waals surface area contributed by atoms with Crippen molar-refractivity contribution in [3.05, 3.63) is 108 Å². The smallest absolute Gasteiger partial charge is 0.272 e. The van der Waals surface area contributed by atoms with Gasteiger partial charge in [0.2, 0.25) is 0 Å². The summed E-state index contributed by atoms with van der Waals surface area (Å²) in [6.07, 6.45) is 0. The topological polar surface area (TPSA) is 111 Å². The molecule has 8 nitrogen and oxygen atoms in total. The molecule has 1 aliphatic heterocycles. The minimum Gasteiger partial charge on any atom is -0.457 e. The van der Waals surface area contributed by atoms with Crippen LogP contribution in [0.2, 0.25) is 0 Å². The number of piperazine rings is 1. The third-order valence-electron chi connectivity index (χ3n) is 5.71. The largest absolute Gasteiger partial charge is 0.457 e. The quantitative estimate of drug-likeness (QED) is 0.320. The van der Waals surface area contributed by atoms with E-state index in [0.29, 0.717) is 41.5 Å². The summed E-state index contributed by atoms with van der Waals surface area (Å²) in [5.41, 5.74) is 5.20. The van der Waals surface area contributed by atoms with E-state index in [9.17, 15) is 9.18 Å². The number of rotatable bonds is 5. The van der Waals surface area contributed by atoms with Gasteiger partial charge in [0.1, 0.15) is 23.0 Å². The Balaban J connectivity index is 0.000000283. The summed E-state index contributed by atoms with van der Waals surface area (Å²) in [5.74, 6) is 0.864. The number of carbonyl (C=O) groups is 1. The van der Waals surface area contributed by atoms with Crippen molar-refractivity contribution in [2.75, 3.05) is 31.7 Å². The molecule has 1 aromatic heterocycles. The lowest BCUT2D eigenvalue weighted by atomic mass is 10.1. The van der Waals surface area contributed by atoms with Gasteiger partial charge in [0.25, 0.3) is 5.91 Å². The van der Waals surface area contributed by atoms with Gasteiger partial charge in [0.05, 0.1) is 23.0 Å². The van der Waals surface area contributed by atoms with Crippen LogP contribution in [0.15, 0.2) is 91.0 Å². The summed E-state index contributed by atoms with van der Waals surface area (Å²) in [5, 5.41) is 20.0. The number of ether oxygens (including phenoxy) is 1. The number of hydrogen-bond acceptors (Lipinski definition) is 7. The fraction of sp³-hybridized carbons (Fsp3) is 0.138. The zero-order valence-electron chi connectivity index (χ0n) is 20.5. The Labute approximate surface area is 219 Å². The average Bonchev–Trinajstić information content (AvgIpc) is 2.99. The van der Waals surface area contributed by atoms with E-state index in [1.54, 1.807) is 42.5 Å². The van der Waals surface area contributed by atoms with Crippen molar-refractivity contribution in [2.45, 2.75) is 0 Å². The number of anilines is 1. The molecule has 5 rings (SSSR count). The minimum absolute atomic E-state index is 0.0420. The normalized spacial score (nSPS) is 12.5. The van der Waals surface area contributed by atoms with Gasteiger partial charge >= 0.3 is 0 Å². The van der Waals surface area contributed by atoms with Crippen LogP contribution in [0.3, 0.4) is 0 Å². The molecule has 3 aromatic carbocycles. The summed E-state index contributed by atoms with van der Waals surface area (Å²) in [7, 11) is 0. The molecule has 2 heterocycles. The van der Waals surface area contributed by atoms with Crippen LogP contribution in [0.1, 0.15) is 16.1 Å². The summed E-state index contributed by atoms with van der Waals surface area (Å²) in [4.78, 5) is 19.0. The number of carbonyl (C=O) groups excluding carboxylic acids is 1. The van der Waals surface area contributed by atoms with E-state index in [4.69, 9.17) is 15.2 Å². The first-order chi connectivity index (χ1) is 18.6. The maximum absolute atomic E-state index is 13.0. The van der Waals surface area contributed by atoms with Gasteiger partial charge in [-0.15, -0.1) is 0 Å². The zero-order valence-corrected chi connectivity index (χ0v) is 20.5. The van der Waals surface area contributed by atoms with Gasteiger partial charge in [0.15, 0.2) is 0 Å². The third kappa shape index (κ3) is 7.13. The van der Waals surface area contributed by atoms with Crippen LogP contribution in [0.25, 0.3) is 11.3 Å². The Morgan fingerprint density at radius 3 is 2.18 bits per heavy atom. The van der Waals surface area contributed by atoms with Gasteiger partial charge in [-0.3, -0.25) is 15.5 Å². The van der Waals surface area contributed by atoms with E-state index < -0.39 is 0 Å². The Bertz CT molecular complexity index is 1380. The number of nitriles is 1. The molecule has 0 saturated carbocycles. The minimum atomic E-state index is -0.302. The Hall–Kier alpha value is -4.78. The molecular weight excluding hydrogens is 485 g/mol. The van der Waals surface area contributed by atoms with Crippen molar-refractivity contribution in [1.82, 2.24) is 15.2 Å². The summed E-state index contributed by atoms with van der Waals surface area (Å²) in [6.45, 7) is 3.00. The molecule has 38 heavy (non-hydrogen) atoms. The fourth-order valence-electron chi connectivity index (χ4n) is 3.70. The number of nitrogens with zero attached hydrogens (tertiary/aromatic N) is 3. The predicted molar refractivity (Wildman–Crippen MR) is 141 cm³/mol. The lowest BCUT2D eigenvalue weighted by Gasteiger charge is -2.27. The van der Waals surface area contributed by atoms with E-state index in [1.165, 1.54) is 12.1 Å². The van der Waals surface area contributed by atoms with Gasteiger partial charge in [-0.2, -0.15) is 5.26 Å². The monoisotopic (exact) mass is 511 g/mol. The van der Waals surface area contributed by atoms with Crippen LogP contribution in [0.4, 0.5) is 10.1 Å². The van der Waals surface area contributed by atoms with Crippen molar-refractivity contribution < 1.29 is 19.1 Å². The zero-order chi connectivity index (χ0) is 26.7. The summed E-state index contributed by atoms with van der Waals surface area (Å²) >= 11 is 0. The summed E-state index contributed by atoms with van der Waals surface area (Å²) < 4.78 is 18.7. The molecule has 1 saturated heterocycles. The highest BCUT2D eigenvalue weighted by Gasteiger charge is 2.19. The number of aromatic nitrogens is 1. The number of benzene rings is 3. The molecule has 0 spiro atoms. The molecule has 9 heteroatoms. The lowest BCUT2D eigenvalue weighted by Crippen LogP contribution is -2.46. The van der Waals surface area contributed by atoms with E-state index in [1.807, 2.05) is 52.8 Å². The highest BCUT2D eigenvalue weighted by Crippen LogP contribution is 2.25.